The van der Waals surface area contributed by atoms with Gasteiger partial charge in [0.05, 0.1) is 8.66 Å². The highest BCUT2D eigenvalue weighted by molar-refractivity contribution is 9.13. The second-order valence-corrected chi connectivity index (χ2v) is 7.55. The number of halogens is 2. The van der Waals surface area contributed by atoms with Crippen molar-refractivity contribution >= 4 is 55.0 Å². The topological polar surface area (TPSA) is 49.4 Å². The van der Waals surface area contributed by atoms with Crippen molar-refractivity contribution in [3.63, 3.8) is 0 Å². The number of carbonyl (C=O) groups excluding carboxylic acids is 2. The van der Waals surface area contributed by atoms with Gasteiger partial charge in [0.2, 0.25) is 5.91 Å². The molecule has 104 valence electrons. The van der Waals surface area contributed by atoms with Crippen LogP contribution in [0, 0.1) is 0 Å². The number of hydrogen-bond donors (Lipinski definition) is 1. The molecule has 1 aliphatic heterocycles. The van der Waals surface area contributed by atoms with Gasteiger partial charge in [-0.2, -0.15) is 0 Å². The summed E-state index contributed by atoms with van der Waals surface area (Å²) in [4.78, 5) is 25.8. The van der Waals surface area contributed by atoms with Crippen molar-refractivity contribution in [1.29, 1.82) is 0 Å². The maximum absolute atomic E-state index is 11.8. The van der Waals surface area contributed by atoms with E-state index in [1.807, 2.05) is 4.90 Å². The predicted octanol–water partition coefficient (Wildman–Crippen LogP) is 3.02. The molecule has 0 atom stereocenters. The third kappa shape index (κ3) is 4.03. The van der Waals surface area contributed by atoms with Crippen LogP contribution in [0.25, 0.3) is 0 Å². The summed E-state index contributed by atoms with van der Waals surface area (Å²) in [7, 11) is 0. The maximum Gasteiger partial charge on any atom is 0.261 e. The lowest BCUT2D eigenvalue weighted by molar-refractivity contribution is -0.127. The number of hydrogen-bond acceptors (Lipinski definition) is 3. The molecule has 2 rings (SSSR count). The molecule has 0 radical (unpaired) electrons. The zero-order valence-electron chi connectivity index (χ0n) is 10.2. The van der Waals surface area contributed by atoms with Gasteiger partial charge in [-0.05, 0) is 50.8 Å². The van der Waals surface area contributed by atoms with E-state index in [4.69, 9.17) is 0 Å². The second kappa shape index (κ2) is 6.85. The lowest BCUT2D eigenvalue weighted by atomic mass is 10.3. The molecule has 1 fully saturated rings. The Morgan fingerprint density at radius 1 is 1.47 bits per heavy atom. The first-order valence-corrected chi connectivity index (χ1v) is 8.49. The third-order valence-corrected chi connectivity index (χ3v) is 6.19. The van der Waals surface area contributed by atoms with E-state index < -0.39 is 0 Å². The van der Waals surface area contributed by atoms with E-state index >= 15 is 0 Å². The van der Waals surface area contributed by atoms with Crippen LogP contribution < -0.4 is 5.32 Å². The summed E-state index contributed by atoms with van der Waals surface area (Å²) in [5.74, 6) is 0.168. The van der Waals surface area contributed by atoms with Crippen LogP contribution in [0.1, 0.15) is 28.9 Å². The zero-order chi connectivity index (χ0) is 13.8. The van der Waals surface area contributed by atoms with Gasteiger partial charge < -0.3 is 10.2 Å². The van der Waals surface area contributed by atoms with Gasteiger partial charge in [0.15, 0.2) is 0 Å². The summed E-state index contributed by atoms with van der Waals surface area (Å²) in [6.07, 6.45) is 2.43. The van der Waals surface area contributed by atoms with Crippen molar-refractivity contribution in [2.24, 2.45) is 0 Å². The van der Waals surface area contributed by atoms with Crippen molar-refractivity contribution in [1.82, 2.24) is 10.2 Å². The lowest BCUT2D eigenvalue weighted by Gasteiger charge is -2.15. The van der Waals surface area contributed by atoms with Gasteiger partial charge in [0.1, 0.15) is 0 Å². The van der Waals surface area contributed by atoms with Crippen LogP contribution in [-0.4, -0.2) is 36.3 Å². The van der Waals surface area contributed by atoms with Gasteiger partial charge >= 0.3 is 0 Å². The molecule has 0 bridgehead atoms. The number of likely N-dealkylation sites (tertiary alicyclic amines) is 1. The Bertz CT molecular complexity index is 471. The maximum atomic E-state index is 11.8. The Morgan fingerprint density at radius 2 is 2.26 bits per heavy atom. The van der Waals surface area contributed by atoms with Crippen LogP contribution in [0.2, 0.25) is 0 Å². The summed E-state index contributed by atoms with van der Waals surface area (Å²) < 4.78 is 1.81. The molecular formula is C12H14Br2N2O2S. The molecule has 1 aliphatic rings. The Kier molecular flexibility index (Phi) is 5.41. The molecule has 2 heterocycles. The van der Waals surface area contributed by atoms with Gasteiger partial charge in [0, 0.05) is 30.5 Å². The van der Waals surface area contributed by atoms with Gasteiger partial charge in [-0.3, -0.25) is 9.59 Å². The standard InChI is InChI=1S/C12H14Br2N2O2S/c13-8-7-9(19-11(8)14)12(18)15-4-2-6-16-5-1-3-10(16)17/h7H,1-6H2,(H,15,18). The van der Waals surface area contributed by atoms with Crippen LogP contribution in [0.3, 0.4) is 0 Å². The largest absolute Gasteiger partial charge is 0.351 e. The van der Waals surface area contributed by atoms with E-state index in [1.54, 1.807) is 6.07 Å². The summed E-state index contributed by atoms with van der Waals surface area (Å²) >= 11 is 8.12. The number of rotatable bonds is 5. The van der Waals surface area contributed by atoms with Crippen molar-refractivity contribution in [2.75, 3.05) is 19.6 Å². The van der Waals surface area contributed by atoms with E-state index in [9.17, 15) is 9.59 Å². The van der Waals surface area contributed by atoms with E-state index in [-0.39, 0.29) is 11.8 Å². The molecule has 1 aromatic rings. The van der Waals surface area contributed by atoms with Crippen LogP contribution in [0.15, 0.2) is 14.3 Å². The van der Waals surface area contributed by atoms with Gasteiger partial charge in [0.25, 0.3) is 5.91 Å². The van der Waals surface area contributed by atoms with Crippen LogP contribution in [0.5, 0.6) is 0 Å². The molecule has 1 N–H and O–H groups in total. The minimum absolute atomic E-state index is 0.0656. The van der Waals surface area contributed by atoms with Crippen molar-refractivity contribution in [2.45, 2.75) is 19.3 Å². The Hall–Kier alpha value is -0.400. The van der Waals surface area contributed by atoms with Crippen molar-refractivity contribution in [3.05, 3.63) is 19.2 Å². The molecule has 0 saturated carbocycles. The quantitative estimate of drug-likeness (QED) is 0.760. The SMILES string of the molecule is O=C(NCCCN1CCCC1=O)c1cc(Br)c(Br)s1. The average molecular weight is 410 g/mol. The fraction of sp³-hybridized carbons (Fsp3) is 0.500. The number of nitrogens with zero attached hydrogens (tertiary/aromatic N) is 1. The first-order valence-electron chi connectivity index (χ1n) is 6.08. The van der Waals surface area contributed by atoms with E-state index in [0.29, 0.717) is 17.8 Å². The molecule has 0 unspecified atom stereocenters. The number of nitrogens with one attached hydrogen (secondary N) is 1. The number of amides is 2. The Labute approximate surface area is 132 Å². The average Bonchev–Trinajstić information content (AvgIpc) is 2.92. The van der Waals surface area contributed by atoms with Gasteiger partial charge in [-0.1, -0.05) is 0 Å². The third-order valence-electron chi connectivity index (χ3n) is 2.93. The van der Waals surface area contributed by atoms with Crippen LogP contribution in [0.4, 0.5) is 0 Å². The normalized spacial score (nSPS) is 15.1. The molecular weight excluding hydrogens is 396 g/mol. The minimum atomic E-state index is -0.0656. The van der Waals surface area contributed by atoms with E-state index in [2.05, 4.69) is 37.2 Å². The van der Waals surface area contributed by atoms with Crippen molar-refractivity contribution in [3.8, 4) is 0 Å². The van der Waals surface area contributed by atoms with Crippen LogP contribution >= 0.6 is 43.2 Å². The highest BCUT2D eigenvalue weighted by atomic mass is 79.9. The predicted molar refractivity (Wildman–Crippen MR) is 82.5 cm³/mol. The zero-order valence-corrected chi connectivity index (χ0v) is 14.2. The molecule has 1 saturated heterocycles. The summed E-state index contributed by atoms with van der Waals surface area (Å²) in [6.45, 7) is 2.18. The number of carbonyl (C=O) groups is 2. The Balaban J connectivity index is 1.70. The van der Waals surface area contributed by atoms with Crippen molar-refractivity contribution < 1.29 is 9.59 Å². The smallest absolute Gasteiger partial charge is 0.261 e. The number of thiophene rings is 1. The molecule has 2 amide bonds. The van der Waals surface area contributed by atoms with Crippen LogP contribution in [-0.2, 0) is 4.79 Å². The first-order chi connectivity index (χ1) is 9.08. The Morgan fingerprint density at radius 3 is 2.84 bits per heavy atom. The first kappa shape index (κ1) is 15.0. The fourth-order valence-electron chi connectivity index (χ4n) is 1.96. The lowest BCUT2D eigenvalue weighted by Crippen LogP contribution is -2.30. The summed E-state index contributed by atoms with van der Waals surface area (Å²) in [5.41, 5.74) is 0. The fourth-order valence-corrected chi connectivity index (χ4v) is 3.91. The molecule has 1 aromatic heterocycles. The second-order valence-electron chi connectivity index (χ2n) is 4.33. The van der Waals surface area contributed by atoms with Gasteiger partial charge in [-0.25, -0.2) is 0 Å². The summed E-state index contributed by atoms with van der Waals surface area (Å²) in [6, 6.07) is 1.80. The molecule has 0 spiro atoms. The van der Waals surface area contributed by atoms with E-state index in [1.165, 1.54) is 11.3 Å². The van der Waals surface area contributed by atoms with E-state index in [0.717, 1.165) is 34.2 Å². The van der Waals surface area contributed by atoms with Gasteiger partial charge in [-0.15, -0.1) is 11.3 Å². The minimum Gasteiger partial charge on any atom is -0.351 e. The molecule has 4 nitrogen and oxygen atoms in total. The highest BCUT2D eigenvalue weighted by Gasteiger charge is 2.19. The molecule has 7 heteroatoms. The monoisotopic (exact) mass is 408 g/mol. The molecule has 19 heavy (non-hydrogen) atoms. The highest BCUT2D eigenvalue weighted by Crippen LogP contribution is 2.32. The molecule has 0 aliphatic carbocycles. The molecule has 0 aromatic carbocycles. The summed E-state index contributed by atoms with van der Waals surface area (Å²) in [5, 5.41) is 2.87.